The molecule has 0 fully saturated rings. The number of anilines is 1. The molecular formula is C15H16FNO. The van der Waals surface area contributed by atoms with Crippen molar-refractivity contribution in [3.63, 3.8) is 0 Å². The van der Waals surface area contributed by atoms with Gasteiger partial charge in [-0.3, -0.25) is 0 Å². The van der Waals surface area contributed by atoms with Gasteiger partial charge in [-0.2, -0.15) is 0 Å². The summed E-state index contributed by atoms with van der Waals surface area (Å²) in [7, 11) is 0. The van der Waals surface area contributed by atoms with Crippen molar-refractivity contribution in [2.75, 3.05) is 5.73 Å². The van der Waals surface area contributed by atoms with Crippen LogP contribution in [0.25, 0.3) is 0 Å². The SMILES string of the molecule is Cc1ccc(N)c(OCc2cc(F)ccc2C)c1. The Kier molecular flexibility index (Phi) is 3.51. The number of aryl methyl sites for hydroxylation is 2. The number of halogens is 1. The van der Waals surface area contributed by atoms with Crippen molar-refractivity contribution in [1.29, 1.82) is 0 Å². The van der Waals surface area contributed by atoms with Gasteiger partial charge in [-0.15, -0.1) is 0 Å². The molecule has 2 aromatic rings. The van der Waals surface area contributed by atoms with Crippen molar-refractivity contribution < 1.29 is 9.13 Å². The van der Waals surface area contributed by atoms with E-state index < -0.39 is 0 Å². The molecule has 2 N–H and O–H groups in total. The Morgan fingerprint density at radius 3 is 2.67 bits per heavy atom. The first-order chi connectivity index (χ1) is 8.56. The monoisotopic (exact) mass is 245 g/mol. The molecule has 0 spiro atoms. The zero-order valence-corrected chi connectivity index (χ0v) is 10.5. The summed E-state index contributed by atoms with van der Waals surface area (Å²) in [4.78, 5) is 0. The smallest absolute Gasteiger partial charge is 0.142 e. The van der Waals surface area contributed by atoms with Crippen molar-refractivity contribution in [2.24, 2.45) is 0 Å². The molecule has 2 rings (SSSR count). The van der Waals surface area contributed by atoms with E-state index in [9.17, 15) is 4.39 Å². The highest BCUT2D eigenvalue weighted by molar-refractivity contribution is 5.53. The maximum Gasteiger partial charge on any atom is 0.142 e. The topological polar surface area (TPSA) is 35.2 Å². The molecule has 0 bridgehead atoms. The molecule has 0 saturated carbocycles. The van der Waals surface area contributed by atoms with E-state index in [1.165, 1.54) is 12.1 Å². The minimum Gasteiger partial charge on any atom is -0.487 e. The van der Waals surface area contributed by atoms with Crippen molar-refractivity contribution >= 4 is 5.69 Å². The molecule has 0 aromatic heterocycles. The van der Waals surface area contributed by atoms with Gasteiger partial charge in [0.1, 0.15) is 18.2 Å². The maximum absolute atomic E-state index is 13.1. The highest BCUT2D eigenvalue weighted by atomic mass is 19.1. The lowest BCUT2D eigenvalue weighted by Gasteiger charge is -2.11. The second kappa shape index (κ2) is 5.08. The Bertz CT molecular complexity index is 515. The highest BCUT2D eigenvalue weighted by Crippen LogP contribution is 2.24. The van der Waals surface area contributed by atoms with Crippen LogP contribution in [0.15, 0.2) is 36.4 Å². The van der Waals surface area contributed by atoms with Gasteiger partial charge in [0.05, 0.1) is 5.69 Å². The van der Waals surface area contributed by atoms with Crippen LogP contribution in [0.2, 0.25) is 0 Å². The largest absolute Gasteiger partial charge is 0.487 e. The Balaban J connectivity index is 2.16. The predicted molar refractivity (Wildman–Crippen MR) is 71.1 cm³/mol. The first-order valence-electron chi connectivity index (χ1n) is 5.80. The van der Waals surface area contributed by atoms with E-state index >= 15 is 0 Å². The third kappa shape index (κ3) is 2.80. The van der Waals surface area contributed by atoms with Gasteiger partial charge >= 0.3 is 0 Å². The van der Waals surface area contributed by atoms with Crippen molar-refractivity contribution in [2.45, 2.75) is 20.5 Å². The van der Waals surface area contributed by atoms with Crippen LogP contribution in [0.4, 0.5) is 10.1 Å². The van der Waals surface area contributed by atoms with Crippen LogP contribution >= 0.6 is 0 Å². The van der Waals surface area contributed by atoms with Gasteiger partial charge in [-0.05, 0) is 54.8 Å². The Hall–Kier alpha value is -2.03. The van der Waals surface area contributed by atoms with E-state index in [1.807, 2.05) is 32.0 Å². The summed E-state index contributed by atoms with van der Waals surface area (Å²) in [6.07, 6.45) is 0. The molecule has 0 radical (unpaired) electrons. The van der Waals surface area contributed by atoms with Crippen LogP contribution in [0, 0.1) is 19.7 Å². The second-order valence-electron chi connectivity index (χ2n) is 4.40. The number of hydrogen-bond donors (Lipinski definition) is 1. The number of benzene rings is 2. The summed E-state index contributed by atoms with van der Waals surface area (Å²) in [6.45, 7) is 4.22. The summed E-state index contributed by atoms with van der Waals surface area (Å²) in [5, 5.41) is 0. The number of nitrogen functional groups attached to an aromatic ring is 1. The zero-order chi connectivity index (χ0) is 13.1. The molecular weight excluding hydrogens is 229 g/mol. The molecule has 94 valence electrons. The van der Waals surface area contributed by atoms with Crippen LogP contribution in [-0.4, -0.2) is 0 Å². The van der Waals surface area contributed by atoms with Gasteiger partial charge in [-0.25, -0.2) is 4.39 Å². The summed E-state index contributed by atoms with van der Waals surface area (Å²) >= 11 is 0. The lowest BCUT2D eigenvalue weighted by atomic mass is 10.1. The third-order valence-electron chi connectivity index (χ3n) is 2.86. The lowest BCUT2D eigenvalue weighted by molar-refractivity contribution is 0.306. The van der Waals surface area contributed by atoms with Gasteiger partial charge in [0, 0.05) is 0 Å². The molecule has 3 heteroatoms. The average molecular weight is 245 g/mol. The molecule has 0 amide bonds. The van der Waals surface area contributed by atoms with Crippen LogP contribution in [0.1, 0.15) is 16.7 Å². The number of nitrogens with two attached hydrogens (primary N) is 1. The number of ether oxygens (including phenoxy) is 1. The maximum atomic E-state index is 13.1. The van der Waals surface area contributed by atoms with Gasteiger partial charge in [0.2, 0.25) is 0 Å². The van der Waals surface area contributed by atoms with Gasteiger partial charge in [0.25, 0.3) is 0 Å². The molecule has 0 aliphatic carbocycles. The fourth-order valence-corrected chi connectivity index (χ4v) is 1.72. The summed E-state index contributed by atoms with van der Waals surface area (Å²) in [5.74, 6) is 0.384. The summed E-state index contributed by atoms with van der Waals surface area (Å²) in [5.41, 5.74) is 9.33. The van der Waals surface area contributed by atoms with E-state index in [-0.39, 0.29) is 5.82 Å². The van der Waals surface area contributed by atoms with Gasteiger partial charge < -0.3 is 10.5 Å². The zero-order valence-electron chi connectivity index (χ0n) is 10.5. The van der Waals surface area contributed by atoms with Crippen molar-refractivity contribution in [3.8, 4) is 5.75 Å². The second-order valence-corrected chi connectivity index (χ2v) is 4.40. The predicted octanol–water partition coefficient (Wildman–Crippen LogP) is 3.60. The van der Waals surface area contributed by atoms with Crippen molar-refractivity contribution in [1.82, 2.24) is 0 Å². The molecule has 0 unspecified atom stereocenters. The summed E-state index contributed by atoms with van der Waals surface area (Å²) < 4.78 is 18.8. The van der Waals surface area contributed by atoms with Crippen LogP contribution in [-0.2, 0) is 6.61 Å². The Labute approximate surface area is 106 Å². The van der Waals surface area contributed by atoms with Gasteiger partial charge in [-0.1, -0.05) is 12.1 Å². The molecule has 0 atom stereocenters. The fraction of sp³-hybridized carbons (Fsp3) is 0.200. The Morgan fingerprint density at radius 1 is 1.11 bits per heavy atom. The minimum atomic E-state index is -0.253. The first kappa shape index (κ1) is 12.4. The normalized spacial score (nSPS) is 10.4. The number of rotatable bonds is 3. The van der Waals surface area contributed by atoms with E-state index in [2.05, 4.69) is 0 Å². The van der Waals surface area contributed by atoms with Gasteiger partial charge in [0.15, 0.2) is 0 Å². The quantitative estimate of drug-likeness (QED) is 0.838. The van der Waals surface area contributed by atoms with E-state index in [0.717, 1.165) is 16.7 Å². The standard InChI is InChI=1S/C15H16FNO/c1-10-3-6-14(17)15(7-10)18-9-12-8-13(16)5-4-11(12)2/h3-8H,9,17H2,1-2H3. The van der Waals surface area contributed by atoms with E-state index in [4.69, 9.17) is 10.5 Å². The minimum absolute atomic E-state index is 0.253. The molecule has 2 aromatic carbocycles. The number of hydrogen-bond acceptors (Lipinski definition) is 2. The fourth-order valence-electron chi connectivity index (χ4n) is 1.72. The van der Waals surface area contributed by atoms with Crippen LogP contribution in [0.5, 0.6) is 5.75 Å². The molecule has 2 nitrogen and oxygen atoms in total. The summed E-state index contributed by atoms with van der Waals surface area (Å²) in [6, 6.07) is 10.3. The third-order valence-corrected chi connectivity index (χ3v) is 2.86. The van der Waals surface area contributed by atoms with E-state index in [1.54, 1.807) is 6.07 Å². The molecule has 0 heterocycles. The molecule has 0 saturated heterocycles. The first-order valence-corrected chi connectivity index (χ1v) is 5.80. The molecule has 0 aliphatic rings. The molecule has 18 heavy (non-hydrogen) atoms. The van der Waals surface area contributed by atoms with Crippen LogP contribution < -0.4 is 10.5 Å². The average Bonchev–Trinajstić information content (AvgIpc) is 2.34. The van der Waals surface area contributed by atoms with Crippen molar-refractivity contribution in [3.05, 3.63) is 58.9 Å². The van der Waals surface area contributed by atoms with E-state index in [0.29, 0.717) is 18.0 Å². The highest BCUT2D eigenvalue weighted by Gasteiger charge is 2.04. The Morgan fingerprint density at radius 2 is 1.89 bits per heavy atom. The molecule has 0 aliphatic heterocycles. The lowest BCUT2D eigenvalue weighted by Crippen LogP contribution is -2.01. The van der Waals surface area contributed by atoms with Crippen LogP contribution in [0.3, 0.4) is 0 Å².